The monoisotopic (exact) mass is 743 g/mol. The molecule has 9 aromatic carbocycles. The summed E-state index contributed by atoms with van der Waals surface area (Å²) in [5, 5.41) is 6.78. The quantitative estimate of drug-likeness (QED) is 0.170. The van der Waals surface area contributed by atoms with Crippen LogP contribution in [-0.4, -0.2) is 0 Å². The lowest BCUT2D eigenvalue weighted by atomic mass is 9.98. The Labute approximate surface area is 333 Å². The Bertz CT molecular complexity index is 3340. The average molecular weight is 744 g/mol. The second-order valence-electron chi connectivity index (χ2n) is 14.8. The molecule has 4 heteroatoms. The third-order valence-corrected chi connectivity index (χ3v) is 11.5. The van der Waals surface area contributed by atoms with E-state index in [1.165, 1.54) is 0 Å². The highest BCUT2D eigenvalue weighted by Gasteiger charge is 2.18. The largest absolute Gasteiger partial charge is 0.456 e. The molecule has 0 spiro atoms. The zero-order valence-corrected chi connectivity index (χ0v) is 31.2. The minimum atomic E-state index is 0.891. The smallest absolute Gasteiger partial charge is 0.136 e. The van der Waals surface area contributed by atoms with Gasteiger partial charge >= 0.3 is 0 Å². The molecule has 0 N–H and O–H groups in total. The van der Waals surface area contributed by atoms with Crippen LogP contribution in [0.25, 0.3) is 99.2 Å². The molecular formula is C54H33NO3. The molecule has 3 heterocycles. The van der Waals surface area contributed by atoms with Crippen LogP contribution >= 0.6 is 0 Å². The topological polar surface area (TPSA) is 42.7 Å². The molecule has 12 aromatic rings. The van der Waals surface area contributed by atoms with E-state index in [2.05, 4.69) is 157 Å². The fraction of sp³-hybridized carbons (Fsp3) is 0. The van der Waals surface area contributed by atoms with Gasteiger partial charge in [-0.1, -0.05) is 121 Å². The Kier molecular flexibility index (Phi) is 7.20. The molecule has 272 valence electrons. The van der Waals surface area contributed by atoms with Crippen LogP contribution in [0.5, 0.6) is 0 Å². The Morgan fingerprint density at radius 2 is 0.638 bits per heavy atom. The van der Waals surface area contributed by atoms with Crippen molar-refractivity contribution in [2.24, 2.45) is 0 Å². The molecule has 0 aliphatic carbocycles. The summed E-state index contributed by atoms with van der Waals surface area (Å²) in [5.41, 5.74) is 15.3. The Morgan fingerprint density at radius 1 is 0.259 bits per heavy atom. The zero-order chi connectivity index (χ0) is 38.2. The fourth-order valence-electron chi connectivity index (χ4n) is 8.77. The molecule has 0 saturated carbocycles. The van der Waals surface area contributed by atoms with Crippen LogP contribution in [0.2, 0.25) is 0 Å². The van der Waals surface area contributed by atoms with Gasteiger partial charge in [0.25, 0.3) is 0 Å². The van der Waals surface area contributed by atoms with Crippen molar-refractivity contribution in [2.75, 3.05) is 4.90 Å². The van der Waals surface area contributed by atoms with Gasteiger partial charge in [0.05, 0.1) is 0 Å². The average Bonchev–Trinajstić information content (AvgIpc) is 3.98. The van der Waals surface area contributed by atoms with Gasteiger partial charge in [-0.3, -0.25) is 0 Å². The molecule has 0 aliphatic heterocycles. The summed E-state index contributed by atoms with van der Waals surface area (Å²) >= 11 is 0. The summed E-state index contributed by atoms with van der Waals surface area (Å²) in [6, 6.07) is 70.4. The maximum Gasteiger partial charge on any atom is 0.136 e. The number of hydrogen-bond acceptors (Lipinski definition) is 4. The normalized spacial score (nSPS) is 11.8. The third-order valence-electron chi connectivity index (χ3n) is 11.5. The summed E-state index contributed by atoms with van der Waals surface area (Å²) in [6.07, 6.45) is 0. The van der Waals surface area contributed by atoms with E-state index in [1.807, 2.05) is 48.5 Å². The molecule has 0 fully saturated rings. The number of fused-ring (bicyclic) bond motifs is 9. The molecule has 12 rings (SSSR count). The second-order valence-corrected chi connectivity index (χ2v) is 14.8. The van der Waals surface area contributed by atoms with E-state index in [-0.39, 0.29) is 0 Å². The predicted octanol–water partition coefficient (Wildman–Crippen LogP) is 15.9. The molecule has 0 amide bonds. The molecule has 4 nitrogen and oxygen atoms in total. The van der Waals surface area contributed by atoms with Crippen LogP contribution < -0.4 is 4.90 Å². The van der Waals surface area contributed by atoms with Gasteiger partial charge in [-0.15, -0.1) is 0 Å². The maximum absolute atomic E-state index is 6.24. The van der Waals surface area contributed by atoms with Crippen molar-refractivity contribution in [1.29, 1.82) is 0 Å². The number of furan rings is 3. The van der Waals surface area contributed by atoms with Gasteiger partial charge in [-0.2, -0.15) is 0 Å². The van der Waals surface area contributed by atoms with Crippen molar-refractivity contribution in [3.05, 3.63) is 200 Å². The van der Waals surface area contributed by atoms with Crippen LogP contribution in [0.3, 0.4) is 0 Å². The summed E-state index contributed by atoms with van der Waals surface area (Å²) in [7, 11) is 0. The zero-order valence-electron chi connectivity index (χ0n) is 31.2. The van der Waals surface area contributed by atoms with E-state index in [4.69, 9.17) is 13.3 Å². The van der Waals surface area contributed by atoms with Crippen molar-refractivity contribution in [2.45, 2.75) is 0 Å². The third kappa shape index (κ3) is 5.16. The van der Waals surface area contributed by atoms with Gasteiger partial charge in [0, 0.05) is 49.4 Å². The molecule has 58 heavy (non-hydrogen) atoms. The lowest BCUT2D eigenvalue weighted by molar-refractivity contribution is 0.668. The fourth-order valence-corrected chi connectivity index (χ4v) is 8.77. The van der Waals surface area contributed by atoms with Crippen molar-refractivity contribution in [3.8, 4) is 33.4 Å². The molecule has 0 saturated heterocycles. The first kappa shape index (κ1) is 32.4. The molecule has 0 aliphatic rings. The van der Waals surface area contributed by atoms with Crippen LogP contribution in [0.15, 0.2) is 213 Å². The highest BCUT2D eigenvalue weighted by atomic mass is 16.3. The number of para-hydroxylation sites is 3. The number of hydrogen-bond donors (Lipinski definition) is 0. The maximum atomic E-state index is 6.24. The van der Waals surface area contributed by atoms with Gasteiger partial charge in [0.2, 0.25) is 0 Å². The van der Waals surface area contributed by atoms with E-state index in [1.54, 1.807) is 0 Å². The van der Waals surface area contributed by atoms with Crippen LogP contribution in [0, 0.1) is 0 Å². The summed E-state index contributed by atoms with van der Waals surface area (Å²) in [5.74, 6) is 0. The summed E-state index contributed by atoms with van der Waals surface area (Å²) < 4.78 is 18.7. The Balaban J connectivity index is 0.951. The SMILES string of the molecule is c1ccc2c(c1)oc1cc(-c3ccc(N(c4ccc(-c5cccc6oc7ccccc7c56)cc4)c4ccc(-c5cccc6oc7ccccc7c56)cc4)cc3)ccc12. The van der Waals surface area contributed by atoms with Crippen molar-refractivity contribution < 1.29 is 13.3 Å². The molecule has 0 unspecified atom stereocenters. The molecular weight excluding hydrogens is 711 g/mol. The first-order valence-corrected chi connectivity index (χ1v) is 19.6. The number of anilines is 3. The van der Waals surface area contributed by atoms with E-state index in [9.17, 15) is 0 Å². The molecule has 0 bridgehead atoms. The summed E-state index contributed by atoms with van der Waals surface area (Å²) in [6.45, 7) is 0. The highest BCUT2D eigenvalue weighted by Crippen LogP contribution is 2.42. The van der Waals surface area contributed by atoms with Crippen LogP contribution in [-0.2, 0) is 0 Å². The van der Waals surface area contributed by atoms with Crippen molar-refractivity contribution in [3.63, 3.8) is 0 Å². The van der Waals surface area contributed by atoms with E-state index in [0.717, 1.165) is 116 Å². The minimum absolute atomic E-state index is 0.891. The number of rotatable bonds is 6. The second kappa shape index (κ2) is 12.9. The van der Waals surface area contributed by atoms with E-state index >= 15 is 0 Å². The van der Waals surface area contributed by atoms with Crippen LogP contribution in [0.4, 0.5) is 17.1 Å². The van der Waals surface area contributed by atoms with Crippen molar-refractivity contribution >= 4 is 82.9 Å². The Morgan fingerprint density at radius 3 is 1.16 bits per heavy atom. The van der Waals surface area contributed by atoms with E-state index < -0.39 is 0 Å². The van der Waals surface area contributed by atoms with Gasteiger partial charge < -0.3 is 18.2 Å². The van der Waals surface area contributed by atoms with E-state index in [0.29, 0.717) is 0 Å². The van der Waals surface area contributed by atoms with Gasteiger partial charge in [0.15, 0.2) is 0 Å². The first-order valence-electron chi connectivity index (χ1n) is 19.6. The van der Waals surface area contributed by atoms with Crippen LogP contribution in [0.1, 0.15) is 0 Å². The number of nitrogens with zero attached hydrogens (tertiary/aromatic N) is 1. The first-order chi connectivity index (χ1) is 28.7. The molecule has 0 radical (unpaired) electrons. The highest BCUT2D eigenvalue weighted by molar-refractivity contribution is 6.13. The van der Waals surface area contributed by atoms with Gasteiger partial charge in [-0.05, 0) is 112 Å². The number of benzene rings is 9. The van der Waals surface area contributed by atoms with Gasteiger partial charge in [0.1, 0.15) is 33.5 Å². The lowest BCUT2D eigenvalue weighted by Gasteiger charge is -2.26. The standard InChI is InChI=1S/C54H33NO3/c1-4-14-47-43(9-1)44-32-25-37(33-52(44)58-47)34-19-26-38(27-20-34)55(39-28-21-35(22-29-39)41-12-7-17-50-53(41)45-10-2-5-15-48(45)56-50)40-30-23-36(24-31-40)42-13-8-18-51-54(42)46-11-3-6-16-49(46)57-51/h1-33H. The predicted molar refractivity (Wildman–Crippen MR) is 239 cm³/mol. The van der Waals surface area contributed by atoms with Gasteiger partial charge in [-0.25, -0.2) is 0 Å². The van der Waals surface area contributed by atoms with Crippen molar-refractivity contribution in [1.82, 2.24) is 0 Å². The lowest BCUT2D eigenvalue weighted by Crippen LogP contribution is -2.09. The summed E-state index contributed by atoms with van der Waals surface area (Å²) in [4.78, 5) is 2.32. The molecule has 0 atom stereocenters. The molecule has 3 aromatic heterocycles. The minimum Gasteiger partial charge on any atom is -0.456 e. The Hall–Kier alpha value is -7.82.